The van der Waals surface area contributed by atoms with E-state index in [-0.39, 0.29) is 17.3 Å². The van der Waals surface area contributed by atoms with E-state index < -0.39 is 0 Å². The molecule has 0 saturated heterocycles. The summed E-state index contributed by atoms with van der Waals surface area (Å²) in [5.74, 6) is 0.140. The Balaban J connectivity index is 1.99. The van der Waals surface area contributed by atoms with Crippen molar-refractivity contribution >= 4 is 23.3 Å². The SMILES string of the molecule is NC(N)=Nc1ccc(C2(c3ccc(N=C(N)N)cc3)CCCCC2)cc1. The van der Waals surface area contributed by atoms with Gasteiger partial charge >= 0.3 is 0 Å². The topological polar surface area (TPSA) is 129 Å². The van der Waals surface area contributed by atoms with E-state index in [1.807, 2.05) is 24.3 Å². The van der Waals surface area contributed by atoms with Gasteiger partial charge in [0.15, 0.2) is 11.9 Å². The van der Waals surface area contributed by atoms with Gasteiger partial charge in [-0.1, -0.05) is 43.5 Å². The summed E-state index contributed by atoms with van der Waals surface area (Å²) in [6, 6.07) is 16.4. The summed E-state index contributed by atoms with van der Waals surface area (Å²) in [5, 5.41) is 0. The van der Waals surface area contributed by atoms with Crippen LogP contribution < -0.4 is 22.9 Å². The second-order valence-corrected chi connectivity index (χ2v) is 6.81. The zero-order valence-electron chi connectivity index (χ0n) is 14.9. The van der Waals surface area contributed by atoms with E-state index >= 15 is 0 Å². The molecule has 1 saturated carbocycles. The third-order valence-electron chi connectivity index (χ3n) is 5.06. The lowest BCUT2D eigenvalue weighted by molar-refractivity contribution is 0.346. The van der Waals surface area contributed by atoms with Gasteiger partial charge in [-0.25, -0.2) is 9.98 Å². The van der Waals surface area contributed by atoms with Gasteiger partial charge in [-0.15, -0.1) is 0 Å². The predicted molar refractivity (Wildman–Crippen MR) is 108 cm³/mol. The van der Waals surface area contributed by atoms with E-state index in [1.165, 1.54) is 30.4 Å². The van der Waals surface area contributed by atoms with Gasteiger partial charge < -0.3 is 22.9 Å². The summed E-state index contributed by atoms with van der Waals surface area (Å²) in [6.07, 6.45) is 5.95. The van der Waals surface area contributed by atoms with Crippen molar-refractivity contribution in [1.29, 1.82) is 0 Å². The number of hydrogen-bond acceptors (Lipinski definition) is 2. The van der Waals surface area contributed by atoms with Crippen molar-refractivity contribution in [3.05, 3.63) is 59.7 Å². The van der Waals surface area contributed by atoms with Gasteiger partial charge in [0.05, 0.1) is 11.4 Å². The molecule has 0 amide bonds. The minimum absolute atomic E-state index is 0.00522. The summed E-state index contributed by atoms with van der Waals surface area (Å²) >= 11 is 0. The van der Waals surface area contributed by atoms with E-state index in [0.717, 1.165) is 24.2 Å². The molecule has 1 aliphatic carbocycles. The molecule has 6 heteroatoms. The van der Waals surface area contributed by atoms with Gasteiger partial charge in [0.25, 0.3) is 0 Å². The molecule has 0 spiro atoms. The normalized spacial score (nSPS) is 15.8. The Bertz CT molecular complexity index is 728. The third kappa shape index (κ3) is 3.79. The molecule has 0 atom stereocenters. The monoisotopic (exact) mass is 350 g/mol. The highest BCUT2D eigenvalue weighted by atomic mass is 15.0. The van der Waals surface area contributed by atoms with Gasteiger partial charge in [-0.3, -0.25) is 0 Å². The lowest BCUT2D eigenvalue weighted by atomic mass is 9.65. The first-order valence-electron chi connectivity index (χ1n) is 8.90. The second-order valence-electron chi connectivity index (χ2n) is 6.81. The molecule has 2 aromatic rings. The van der Waals surface area contributed by atoms with Crippen LogP contribution in [-0.4, -0.2) is 11.9 Å². The Hall–Kier alpha value is -3.02. The Morgan fingerprint density at radius 2 is 1.00 bits per heavy atom. The third-order valence-corrected chi connectivity index (χ3v) is 5.06. The first-order valence-corrected chi connectivity index (χ1v) is 8.90. The minimum Gasteiger partial charge on any atom is -0.370 e. The van der Waals surface area contributed by atoms with Crippen LogP contribution in [0.25, 0.3) is 0 Å². The molecule has 8 N–H and O–H groups in total. The van der Waals surface area contributed by atoms with Crippen molar-refractivity contribution in [3.8, 4) is 0 Å². The fraction of sp³-hybridized carbons (Fsp3) is 0.300. The largest absolute Gasteiger partial charge is 0.370 e. The standard InChI is InChI=1S/C20H26N6/c21-18(22)25-16-8-4-14(5-9-16)20(12-2-1-3-13-20)15-6-10-17(11-7-15)26-19(23)24/h4-11H,1-3,12-13H2,(H4,21,22,25)(H4,23,24,26). The number of guanidine groups is 2. The van der Waals surface area contributed by atoms with Crippen molar-refractivity contribution in [2.75, 3.05) is 0 Å². The van der Waals surface area contributed by atoms with Crippen LogP contribution in [0.3, 0.4) is 0 Å². The fourth-order valence-electron chi connectivity index (χ4n) is 3.91. The maximum absolute atomic E-state index is 5.47. The van der Waals surface area contributed by atoms with Crippen LogP contribution in [0, 0.1) is 0 Å². The van der Waals surface area contributed by atoms with Crippen molar-refractivity contribution in [2.24, 2.45) is 32.9 Å². The molecule has 26 heavy (non-hydrogen) atoms. The van der Waals surface area contributed by atoms with Crippen LogP contribution in [-0.2, 0) is 5.41 Å². The number of nitrogens with zero attached hydrogens (tertiary/aromatic N) is 2. The van der Waals surface area contributed by atoms with Crippen molar-refractivity contribution < 1.29 is 0 Å². The molecule has 0 aliphatic heterocycles. The van der Waals surface area contributed by atoms with Crippen LogP contribution in [0.2, 0.25) is 0 Å². The van der Waals surface area contributed by atoms with E-state index in [4.69, 9.17) is 22.9 Å². The first kappa shape index (κ1) is 17.8. The van der Waals surface area contributed by atoms with Gasteiger partial charge in [-0.2, -0.15) is 0 Å². The van der Waals surface area contributed by atoms with Gasteiger partial charge in [0.2, 0.25) is 0 Å². The highest BCUT2D eigenvalue weighted by molar-refractivity contribution is 5.79. The molecule has 0 bridgehead atoms. The Morgan fingerprint density at radius 3 is 1.35 bits per heavy atom. The number of rotatable bonds is 4. The van der Waals surface area contributed by atoms with Gasteiger partial charge in [0.1, 0.15) is 0 Å². The van der Waals surface area contributed by atoms with Crippen LogP contribution in [0.4, 0.5) is 11.4 Å². The lowest BCUT2D eigenvalue weighted by Gasteiger charge is -2.38. The quantitative estimate of drug-likeness (QED) is 0.499. The first-order chi connectivity index (χ1) is 12.5. The zero-order chi connectivity index (χ0) is 18.6. The molecule has 136 valence electrons. The highest BCUT2D eigenvalue weighted by Crippen LogP contribution is 2.45. The van der Waals surface area contributed by atoms with Gasteiger partial charge in [-0.05, 0) is 48.2 Å². The molecule has 3 rings (SSSR count). The summed E-state index contributed by atoms with van der Waals surface area (Å²) in [6.45, 7) is 0. The number of aliphatic imine (C=N–C) groups is 2. The Morgan fingerprint density at radius 1 is 0.615 bits per heavy atom. The predicted octanol–water partition coefficient (Wildman–Crippen LogP) is 2.75. The minimum atomic E-state index is 0.00522. The smallest absolute Gasteiger partial charge is 0.191 e. The molecule has 2 aromatic carbocycles. The molecular formula is C20H26N6. The van der Waals surface area contributed by atoms with Crippen molar-refractivity contribution in [3.63, 3.8) is 0 Å². The van der Waals surface area contributed by atoms with E-state index in [1.54, 1.807) is 0 Å². The molecule has 0 radical (unpaired) electrons. The summed E-state index contributed by atoms with van der Waals surface area (Å²) in [5.41, 5.74) is 26.0. The fourth-order valence-corrected chi connectivity index (χ4v) is 3.91. The van der Waals surface area contributed by atoms with E-state index in [9.17, 15) is 0 Å². The zero-order valence-corrected chi connectivity index (χ0v) is 14.9. The molecule has 1 fully saturated rings. The van der Waals surface area contributed by atoms with Crippen LogP contribution >= 0.6 is 0 Å². The molecule has 0 aromatic heterocycles. The molecule has 0 unspecified atom stereocenters. The number of nitrogens with two attached hydrogens (primary N) is 4. The molecule has 0 heterocycles. The van der Waals surface area contributed by atoms with Crippen molar-refractivity contribution in [1.82, 2.24) is 0 Å². The highest BCUT2D eigenvalue weighted by Gasteiger charge is 2.35. The van der Waals surface area contributed by atoms with Crippen LogP contribution in [0.5, 0.6) is 0 Å². The van der Waals surface area contributed by atoms with E-state index in [0.29, 0.717) is 0 Å². The Kier molecular flexibility index (Phi) is 5.11. The van der Waals surface area contributed by atoms with Gasteiger partial charge in [0, 0.05) is 5.41 Å². The maximum Gasteiger partial charge on any atom is 0.191 e. The van der Waals surface area contributed by atoms with E-state index in [2.05, 4.69) is 34.3 Å². The average molecular weight is 350 g/mol. The van der Waals surface area contributed by atoms with Crippen molar-refractivity contribution in [2.45, 2.75) is 37.5 Å². The average Bonchev–Trinajstić information content (AvgIpc) is 2.62. The molecule has 6 nitrogen and oxygen atoms in total. The Labute approximate surface area is 154 Å². The summed E-state index contributed by atoms with van der Waals surface area (Å²) in [4.78, 5) is 8.23. The summed E-state index contributed by atoms with van der Waals surface area (Å²) < 4.78 is 0. The second kappa shape index (κ2) is 7.47. The number of benzene rings is 2. The number of hydrogen-bond donors (Lipinski definition) is 4. The molecular weight excluding hydrogens is 324 g/mol. The maximum atomic E-state index is 5.47. The molecule has 1 aliphatic rings. The lowest BCUT2D eigenvalue weighted by Crippen LogP contribution is -2.30. The van der Waals surface area contributed by atoms with Crippen LogP contribution in [0.1, 0.15) is 43.2 Å². The van der Waals surface area contributed by atoms with Crippen LogP contribution in [0.15, 0.2) is 58.5 Å². The summed E-state index contributed by atoms with van der Waals surface area (Å²) in [7, 11) is 0.